The normalized spacial score (nSPS) is 28.1. The Morgan fingerprint density at radius 3 is 2.38 bits per heavy atom. The fraction of sp³-hybridized carbons (Fsp3) is 0.571. The molecule has 1 saturated carbocycles. The Kier molecular flexibility index (Phi) is 0.504. The first-order valence-corrected chi connectivity index (χ1v) is 2.98. The minimum atomic E-state index is 0.0694. The van der Waals surface area contributed by atoms with Crippen LogP contribution in [0.3, 0.4) is 0 Å². The molecule has 0 aliphatic heterocycles. The van der Waals surface area contributed by atoms with Gasteiger partial charge in [0, 0.05) is 0 Å². The SMILES string of the molecule is N#CC1(C2=CC2)CC1. The highest BCUT2D eigenvalue weighted by molar-refractivity contribution is 5.40. The van der Waals surface area contributed by atoms with Gasteiger partial charge in [-0.15, -0.1) is 0 Å². The number of allylic oxidation sites excluding steroid dienone is 2. The molecule has 0 amide bonds. The van der Waals surface area contributed by atoms with E-state index in [1.807, 2.05) is 0 Å². The molecule has 1 nitrogen and oxygen atoms in total. The number of rotatable bonds is 1. The molecule has 0 aromatic carbocycles. The second-order valence-electron chi connectivity index (χ2n) is 2.63. The highest BCUT2D eigenvalue weighted by Gasteiger charge is 2.48. The molecule has 1 heteroatoms. The number of nitriles is 1. The molecule has 1 fully saturated rings. The van der Waals surface area contributed by atoms with E-state index in [-0.39, 0.29) is 5.41 Å². The number of hydrogen-bond donors (Lipinski definition) is 0. The van der Waals surface area contributed by atoms with E-state index in [0.717, 1.165) is 19.3 Å². The predicted molar refractivity (Wildman–Crippen MR) is 30.0 cm³/mol. The summed E-state index contributed by atoms with van der Waals surface area (Å²) < 4.78 is 0. The van der Waals surface area contributed by atoms with Crippen molar-refractivity contribution in [3.8, 4) is 6.07 Å². The smallest absolute Gasteiger partial charge is 0.0787 e. The van der Waals surface area contributed by atoms with E-state index in [1.165, 1.54) is 5.57 Å². The third kappa shape index (κ3) is 0.355. The van der Waals surface area contributed by atoms with Crippen LogP contribution in [0.4, 0.5) is 0 Å². The van der Waals surface area contributed by atoms with Gasteiger partial charge in [-0.3, -0.25) is 0 Å². The fourth-order valence-electron chi connectivity index (χ4n) is 1.07. The number of nitrogens with zero attached hydrogens (tertiary/aromatic N) is 1. The van der Waals surface area contributed by atoms with Crippen LogP contribution in [0.1, 0.15) is 19.3 Å². The topological polar surface area (TPSA) is 23.8 Å². The van der Waals surface area contributed by atoms with Gasteiger partial charge in [0.2, 0.25) is 0 Å². The quantitative estimate of drug-likeness (QED) is 0.465. The van der Waals surface area contributed by atoms with E-state index in [2.05, 4.69) is 12.1 Å². The van der Waals surface area contributed by atoms with E-state index in [9.17, 15) is 0 Å². The van der Waals surface area contributed by atoms with Crippen LogP contribution in [-0.4, -0.2) is 0 Å². The second kappa shape index (κ2) is 0.974. The van der Waals surface area contributed by atoms with Crippen LogP contribution in [0.25, 0.3) is 0 Å². The second-order valence-corrected chi connectivity index (χ2v) is 2.63. The van der Waals surface area contributed by atoms with Gasteiger partial charge < -0.3 is 0 Å². The molecule has 0 spiro atoms. The first-order valence-electron chi connectivity index (χ1n) is 2.98. The third-order valence-electron chi connectivity index (χ3n) is 1.99. The van der Waals surface area contributed by atoms with Crippen molar-refractivity contribution in [2.24, 2.45) is 5.41 Å². The maximum Gasteiger partial charge on any atom is 0.0787 e. The van der Waals surface area contributed by atoms with Crippen molar-refractivity contribution < 1.29 is 0 Å². The van der Waals surface area contributed by atoms with Gasteiger partial charge >= 0.3 is 0 Å². The minimum Gasteiger partial charge on any atom is -0.197 e. The van der Waals surface area contributed by atoms with Crippen LogP contribution in [0.5, 0.6) is 0 Å². The van der Waals surface area contributed by atoms with Crippen molar-refractivity contribution in [1.29, 1.82) is 5.26 Å². The lowest BCUT2D eigenvalue weighted by Crippen LogP contribution is -1.89. The Morgan fingerprint density at radius 1 is 1.62 bits per heavy atom. The minimum absolute atomic E-state index is 0.0694. The Morgan fingerprint density at radius 2 is 2.25 bits per heavy atom. The zero-order valence-corrected chi connectivity index (χ0v) is 4.65. The zero-order valence-electron chi connectivity index (χ0n) is 4.65. The molecule has 0 saturated heterocycles. The lowest BCUT2D eigenvalue weighted by atomic mass is 10.1. The molecular weight excluding hydrogens is 98.1 g/mol. The first-order chi connectivity index (χ1) is 3.87. The molecule has 2 rings (SSSR count). The standard InChI is InChI=1S/C7H7N/c8-5-7(3-4-7)6-1-2-6/h1H,2-4H2. The molecule has 0 heterocycles. The maximum absolute atomic E-state index is 8.58. The molecule has 40 valence electrons. The van der Waals surface area contributed by atoms with Crippen LogP contribution in [0.15, 0.2) is 11.6 Å². The van der Waals surface area contributed by atoms with Gasteiger partial charge in [0.15, 0.2) is 0 Å². The molecule has 0 atom stereocenters. The van der Waals surface area contributed by atoms with Crippen LogP contribution in [-0.2, 0) is 0 Å². The Bertz CT molecular complexity index is 191. The maximum atomic E-state index is 8.58. The summed E-state index contributed by atoms with van der Waals surface area (Å²) in [7, 11) is 0. The largest absolute Gasteiger partial charge is 0.197 e. The molecule has 0 aromatic heterocycles. The van der Waals surface area contributed by atoms with Crippen molar-refractivity contribution in [1.82, 2.24) is 0 Å². The van der Waals surface area contributed by atoms with Gasteiger partial charge in [0.1, 0.15) is 0 Å². The van der Waals surface area contributed by atoms with Crippen molar-refractivity contribution in [3.63, 3.8) is 0 Å². The molecule has 0 aromatic rings. The van der Waals surface area contributed by atoms with Gasteiger partial charge in [-0.05, 0) is 24.8 Å². The molecule has 2 aliphatic rings. The summed E-state index contributed by atoms with van der Waals surface area (Å²) in [5, 5.41) is 8.58. The van der Waals surface area contributed by atoms with Gasteiger partial charge in [0.05, 0.1) is 11.5 Å². The average molecular weight is 105 g/mol. The van der Waals surface area contributed by atoms with E-state index in [4.69, 9.17) is 5.26 Å². The average Bonchev–Trinajstić information content (AvgIpc) is 2.63. The summed E-state index contributed by atoms with van der Waals surface area (Å²) >= 11 is 0. The lowest BCUT2D eigenvalue weighted by molar-refractivity contribution is 0.832. The monoisotopic (exact) mass is 105 g/mol. The Hall–Kier alpha value is -0.770. The summed E-state index contributed by atoms with van der Waals surface area (Å²) in [4.78, 5) is 0. The van der Waals surface area contributed by atoms with Crippen LogP contribution < -0.4 is 0 Å². The summed E-state index contributed by atoms with van der Waals surface area (Å²) in [5.74, 6) is 0. The number of hydrogen-bond acceptors (Lipinski definition) is 1. The predicted octanol–water partition coefficient (Wildman–Crippen LogP) is 1.62. The molecule has 0 N–H and O–H groups in total. The highest BCUT2D eigenvalue weighted by Crippen LogP contribution is 2.56. The van der Waals surface area contributed by atoms with Gasteiger partial charge in [0.25, 0.3) is 0 Å². The van der Waals surface area contributed by atoms with Gasteiger partial charge in [-0.2, -0.15) is 5.26 Å². The van der Waals surface area contributed by atoms with Crippen molar-refractivity contribution >= 4 is 0 Å². The molecule has 0 bridgehead atoms. The van der Waals surface area contributed by atoms with Crippen LogP contribution >= 0.6 is 0 Å². The molecule has 0 unspecified atom stereocenters. The van der Waals surface area contributed by atoms with E-state index < -0.39 is 0 Å². The Balaban J connectivity index is 2.24. The van der Waals surface area contributed by atoms with Gasteiger partial charge in [-0.25, -0.2) is 0 Å². The van der Waals surface area contributed by atoms with Gasteiger partial charge in [-0.1, -0.05) is 6.08 Å². The van der Waals surface area contributed by atoms with E-state index in [1.54, 1.807) is 0 Å². The van der Waals surface area contributed by atoms with E-state index in [0.29, 0.717) is 0 Å². The van der Waals surface area contributed by atoms with Crippen molar-refractivity contribution in [2.45, 2.75) is 19.3 Å². The summed E-state index contributed by atoms with van der Waals surface area (Å²) in [5.41, 5.74) is 1.47. The summed E-state index contributed by atoms with van der Waals surface area (Å²) in [6, 6.07) is 2.35. The summed E-state index contributed by atoms with van der Waals surface area (Å²) in [6.07, 6.45) is 5.52. The van der Waals surface area contributed by atoms with Crippen LogP contribution in [0.2, 0.25) is 0 Å². The highest BCUT2D eigenvalue weighted by atomic mass is 14.5. The fourth-order valence-corrected chi connectivity index (χ4v) is 1.07. The molecule has 2 aliphatic carbocycles. The molecular formula is C7H7N. The van der Waals surface area contributed by atoms with Crippen molar-refractivity contribution in [2.75, 3.05) is 0 Å². The Labute approximate surface area is 48.6 Å². The third-order valence-corrected chi connectivity index (χ3v) is 1.99. The van der Waals surface area contributed by atoms with Crippen LogP contribution in [0, 0.1) is 16.7 Å². The molecule has 8 heavy (non-hydrogen) atoms. The molecule has 0 radical (unpaired) electrons. The van der Waals surface area contributed by atoms with E-state index >= 15 is 0 Å². The zero-order chi connectivity index (χ0) is 5.61. The lowest BCUT2D eigenvalue weighted by Gasteiger charge is -1.92. The summed E-state index contributed by atoms with van der Waals surface area (Å²) in [6.45, 7) is 0. The van der Waals surface area contributed by atoms with Crippen molar-refractivity contribution in [3.05, 3.63) is 11.6 Å². The first kappa shape index (κ1) is 4.14.